The summed E-state index contributed by atoms with van der Waals surface area (Å²) in [6.45, 7) is 0. The normalized spacial score (nSPS) is 10.7. The lowest BCUT2D eigenvalue weighted by Gasteiger charge is -2.11. The number of fused-ring (bicyclic) bond motifs is 1. The first kappa shape index (κ1) is 14.5. The fraction of sp³-hybridized carbons (Fsp3) is 0.0588. The van der Waals surface area contributed by atoms with Crippen molar-refractivity contribution in [3.8, 4) is 11.1 Å². The van der Waals surface area contributed by atoms with Gasteiger partial charge in [0.2, 0.25) is 0 Å². The summed E-state index contributed by atoms with van der Waals surface area (Å²) < 4.78 is 19.1. The Kier molecular flexibility index (Phi) is 3.77. The maximum absolute atomic E-state index is 14.4. The summed E-state index contributed by atoms with van der Waals surface area (Å²) in [5.74, 6) is -0.888. The van der Waals surface area contributed by atoms with Crippen molar-refractivity contribution in [1.82, 2.24) is 4.98 Å². The van der Waals surface area contributed by atoms with E-state index < -0.39 is 11.8 Å². The van der Waals surface area contributed by atoms with E-state index in [0.717, 1.165) is 5.39 Å². The van der Waals surface area contributed by atoms with Crippen LogP contribution in [0.1, 0.15) is 10.4 Å². The van der Waals surface area contributed by atoms with Gasteiger partial charge in [0.05, 0.1) is 17.7 Å². The zero-order chi connectivity index (χ0) is 15.7. The number of hydrogen-bond acceptors (Lipinski definition) is 3. The summed E-state index contributed by atoms with van der Waals surface area (Å²) >= 11 is 6.14. The predicted octanol–water partition coefficient (Wildman–Crippen LogP) is 4.48. The molecule has 0 atom stereocenters. The maximum atomic E-state index is 14.4. The monoisotopic (exact) mass is 315 g/mol. The number of pyridine rings is 1. The van der Waals surface area contributed by atoms with E-state index in [2.05, 4.69) is 4.98 Å². The van der Waals surface area contributed by atoms with Crippen molar-refractivity contribution in [2.75, 3.05) is 7.11 Å². The molecule has 0 aliphatic carbocycles. The molecule has 0 bridgehead atoms. The highest BCUT2D eigenvalue weighted by molar-refractivity contribution is 6.33. The minimum Gasteiger partial charge on any atom is -0.465 e. The molecule has 3 nitrogen and oxygen atoms in total. The molecule has 1 aromatic heterocycles. The fourth-order valence-corrected chi connectivity index (χ4v) is 2.60. The Bertz CT molecular complexity index is 880. The number of carbonyl (C=O) groups excluding carboxylic acids is 1. The Hall–Kier alpha value is -2.46. The molecule has 1 heterocycles. The number of methoxy groups -OCH3 is 1. The van der Waals surface area contributed by atoms with Crippen molar-refractivity contribution in [1.29, 1.82) is 0 Å². The van der Waals surface area contributed by atoms with Crippen molar-refractivity contribution < 1.29 is 13.9 Å². The highest BCUT2D eigenvalue weighted by Gasteiger charge is 2.15. The van der Waals surface area contributed by atoms with Gasteiger partial charge in [-0.25, -0.2) is 9.18 Å². The molecule has 0 spiro atoms. The average Bonchev–Trinajstić information content (AvgIpc) is 2.54. The molecule has 0 radical (unpaired) electrons. The summed E-state index contributed by atoms with van der Waals surface area (Å²) in [5, 5.41) is 1.74. The van der Waals surface area contributed by atoms with Crippen molar-refractivity contribution >= 4 is 28.3 Å². The topological polar surface area (TPSA) is 39.2 Å². The molecule has 2 aromatic carbocycles. The van der Waals surface area contributed by atoms with E-state index in [1.807, 2.05) is 0 Å². The molecule has 22 heavy (non-hydrogen) atoms. The van der Waals surface area contributed by atoms with Gasteiger partial charge in [-0.05, 0) is 35.0 Å². The lowest BCUT2D eigenvalue weighted by molar-refractivity contribution is 0.0601. The minimum absolute atomic E-state index is 0.343. The van der Waals surface area contributed by atoms with Gasteiger partial charge in [-0.2, -0.15) is 0 Å². The van der Waals surface area contributed by atoms with Crippen molar-refractivity contribution in [2.45, 2.75) is 0 Å². The third-order valence-corrected chi connectivity index (χ3v) is 3.73. The summed E-state index contributed by atoms with van der Waals surface area (Å²) in [7, 11) is 1.30. The Balaban J connectivity index is 2.35. The number of halogens is 2. The molecular weight excluding hydrogens is 305 g/mol. The van der Waals surface area contributed by atoms with Crippen LogP contribution in [-0.4, -0.2) is 18.1 Å². The Morgan fingerprint density at radius 3 is 2.73 bits per heavy atom. The van der Waals surface area contributed by atoms with Crippen LogP contribution < -0.4 is 0 Å². The zero-order valence-corrected chi connectivity index (χ0v) is 12.4. The smallest absolute Gasteiger partial charge is 0.337 e. The van der Waals surface area contributed by atoms with E-state index in [4.69, 9.17) is 16.3 Å². The quantitative estimate of drug-likeness (QED) is 0.654. The second-order valence-electron chi connectivity index (χ2n) is 4.71. The van der Waals surface area contributed by atoms with E-state index in [0.29, 0.717) is 27.1 Å². The summed E-state index contributed by atoms with van der Waals surface area (Å²) in [4.78, 5) is 15.6. The van der Waals surface area contributed by atoms with Gasteiger partial charge in [0.25, 0.3) is 0 Å². The molecule has 0 fully saturated rings. The van der Waals surface area contributed by atoms with Crippen LogP contribution in [0.25, 0.3) is 21.9 Å². The van der Waals surface area contributed by atoms with Gasteiger partial charge in [0.15, 0.2) is 0 Å². The molecular formula is C17H11ClFNO2. The fourth-order valence-electron chi connectivity index (χ4n) is 2.39. The maximum Gasteiger partial charge on any atom is 0.337 e. The van der Waals surface area contributed by atoms with Gasteiger partial charge in [-0.1, -0.05) is 23.7 Å². The van der Waals surface area contributed by atoms with Crippen molar-refractivity contribution in [2.24, 2.45) is 0 Å². The van der Waals surface area contributed by atoms with Crippen LogP contribution >= 0.6 is 11.6 Å². The number of ether oxygens (including phenoxy) is 1. The van der Waals surface area contributed by atoms with Crippen LogP contribution in [0, 0.1) is 5.82 Å². The number of benzene rings is 2. The zero-order valence-electron chi connectivity index (χ0n) is 11.6. The first-order valence-corrected chi connectivity index (χ1v) is 6.90. The van der Waals surface area contributed by atoms with Gasteiger partial charge in [-0.15, -0.1) is 0 Å². The molecule has 0 saturated carbocycles. The van der Waals surface area contributed by atoms with Gasteiger partial charge in [0, 0.05) is 23.5 Å². The van der Waals surface area contributed by atoms with Crippen LogP contribution in [0.4, 0.5) is 4.39 Å². The van der Waals surface area contributed by atoms with Crippen LogP contribution in [-0.2, 0) is 4.74 Å². The third kappa shape index (κ3) is 2.42. The first-order chi connectivity index (χ1) is 10.6. The van der Waals surface area contributed by atoms with Crippen LogP contribution in [0.5, 0.6) is 0 Å². The van der Waals surface area contributed by atoms with E-state index in [-0.39, 0.29) is 0 Å². The van der Waals surface area contributed by atoms with Gasteiger partial charge >= 0.3 is 5.97 Å². The summed E-state index contributed by atoms with van der Waals surface area (Å²) in [6.07, 6.45) is 3.00. The van der Waals surface area contributed by atoms with Gasteiger partial charge in [0.1, 0.15) is 5.82 Å². The molecule has 5 heteroatoms. The molecule has 0 saturated heterocycles. The molecule has 0 aliphatic rings. The molecule has 3 rings (SSSR count). The number of nitrogens with zero attached hydrogens (tertiary/aromatic N) is 1. The Labute approximate surface area is 131 Å². The molecule has 0 amide bonds. The molecule has 0 aliphatic heterocycles. The second kappa shape index (κ2) is 5.73. The second-order valence-corrected chi connectivity index (χ2v) is 5.11. The van der Waals surface area contributed by atoms with Crippen LogP contribution in [0.2, 0.25) is 5.02 Å². The number of hydrogen-bond donors (Lipinski definition) is 0. The molecule has 0 unspecified atom stereocenters. The predicted molar refractivity (Wildman–Crippen MR) is 83.5 cm³/mol. The standard InChI is InChI=1S/C17H11ClFNO2/c1-22-17(21)11-3-2-10-4-5-15(19)16(13(10)8-11)12-6-7-20-9-14(12)18/h2-9H,1H3. The lowest BCUT2D eigenvalue weighted by atomic mass is 9.96. The number of carbonyl (C=O) groups is 1. The first-order valence-electron chi connectivity index (χ1n) is 6.52. The average molecular weight is 316 g/mol. The van der Waals surface area contributed by atoms with Crippen molar-refractivity contribution in [3.05, 3.63) is 65.2 Å². The highest BCUT2D eigenvalue weighted by Crippen LogP contribution is 2.35. The highest BCUT2D eigenvalue weighted by atomic mass is 35.5. The Morgan fingerprint density at radius 2 is 2.00 bits per heavy atom. The largest absolute Gasteiger partial charge is 0.465 e. The number of rotatable bonds is 2. The number of esters is 1. The lowest BCUT2D eigenvalue weighted by Crippen LogP contribution is -2.01. The van der Waals surface area contributed by atoms with Crippen LogP contribution in [0.3, 0.4) is 0 Å². The van der Waals surface area contributed by atoms with E-state index in [1.54, 1.807) is 36.5 Å². The SMILES string of the molecule is COC(=O)c1ccc2ccc(F)c(-c3ccncc3Cl)c2c1. The van der Waals surface area contributed by atoms with Gasteiger partial charge in [-0.3, -0.25) is 4.98 Å². The summed E-state index contributed by atoms with van der Waals surface area (Å²) in [5.41, 5.74) is 1.23. The van der Waals surface area contributed by atoms with Gasteiger partial charge < -0.3 is 4.74 Å². The third-order valence-electron chi connectivity index (χ3n) is 3.43. The molecule has 110 valence electrons. The summed E-state index contributed by atoms with van der Waals surface area (Å²) in [6, 6.07) is 9.68. The molecule has 0 N–H and O–H groups in total. The van der Waals surface area contributed by atoms with E-state index in [1.165, 1.54) is 19.4 Å². The van der Waals surface area contributed by atoms with Crippen LogP contribution in [0.15, 0.2) is 48.8 Å². The Morgan fingerprint density at radius 1 is 1.23 bits per heavy atom. The number of aromatic nitrogens is 1. The minimum atomic E-state index is -0.474. The van der Waals surface area contributed by atoms with E-state index >= 15 is 0 Å². The van der Waals surface area contributed by atoms with E-state index in [9.17, 15) is 9.18 Å². The van der Waals surface area contributed by atoms with Crippen molar-refractivity contribution in [3.63, 3.8) is 0 Å². The molecule has 3 aromatic rings.